The second-order valence-corrected chi connectivity index (χ2v) is 12.6. The maximum atomic E-state index is 14.1. The number of methoxy groups -OCH3 is 3. The Labute approximate surface area is 265 Å². The van der Waals surface area contributed by atoms with Crippen molar-refractivity contribution in [2.75, 3.05) is 31.5 Å². The van der Waals surface area contributed by atoms with Gasteiger partial charge in [0.2, 0.25) is 17.7 Å². The lowest BCUT2D eigenvalue weighted by molar-refractivity contribution is -0.122. The third-order valence-electron chi connectivity index (χ3n) is 7.58. The summed E-state index contributed by atoms with van der Waals surface area (Å²) in [5, 5.41) is 2.91. The molecule has 2 aliphatic rings. The molecule has 1 saturated heterocycles. The second-order valence-electron chi connectivity index (χ2n) is 10.0. The van der Waals surface area contributed by atoms with E-state index in [1.165, 1.54) is 23.7 Å². The summed E-state index contributed by atoms with van der Waals surface area (Å²) < 4.78 is 17.5. The van der Waals surface area contributed by atoms with Gasteiger partial charge in [0.1, 0.15) is 17.5 Å². The van der Waals surface area contributed by atoms with Crippen LogP contribution in [-0.4, -0.2) is 48.9 Å². The van der Waals surface area contributed by atoms with E-state index in [-0.39, 0.29) is 17.3 Å². The number of aromatic nitrogens is 1. The van der Waals surface area contributed by atoms with Crippen molar-refractivity contribution in [2.45, 2.75) is 22.7 Å². The molecule has 4 aromatic rings. The van der Waals surface area contributed by atoms with Crippen LogP contribution < -0.4 is 29.3 Å². The third-order valence-corrected chi connectivity index (χ3v) is 10.4. The number of nitrogens with one attached hydrogen (secondary N) is 1. The molecule has 1 aromatic heterocycles. The van der Waals surface area contributed by atoms with Crippen LogP contribution in [0.5, 0.6) is 17.2 Å². The minimum atomic E-state index is -0.839. The fraction of sp³-hybridized carbons (Fsp3) is 0.226. The summed E-state index contributed by atoms with van der Waals surface area (Å²) in [6.07, 6.45) is 0. The van der Waals surface area contributed by atoms with Gasteiger partial charge in [-0.05, 0) is 66.2 Å². The van der Waals surface area contributed by atoms with Gasteiger partial charge < -0.3 is 19.5 Å². The number of carbonyl (C=O) groups excluding carboxylic acids is 3. The molecule has 3 atom stereocenters. The molecule has 13 heteroatoms. The van der Waals surface area contributed by atoms with Gasteiger partial charge in [0.25, 0.3) is 0 Å². The van der Waals surface area contributed by atoms with Crippen LogP contribution in [0.4, 0.5) is 11.4 Å². The number of benzene rings is 3. The molecule has 2 aliphatic heterocycles. The van der Waals surface area contributed by atoms with Gasteiger partial charge >= 0.3 is 4.87 Å². The highest BCUT2D eigenvalue weighted by Crippen LogP contribution is 2.54. The number of anilines is 2. The summed E-state index contributed by atoms with van der Waals surface area (Å²) in [4.78, 5) is 55.9. The number of hydrogen-bond donors (Lipinski definition) is 1. The predicted molar refractivity (Wildman–Crippen MR) is 169 cm³/mol. The van der Waals surface area contributed by atoms with Crippen LogP contribution in [0.25, 0.3) is 0 Å². The summed E-state index contributed by atoms with van der Waals surface area (Å²) in [6.45, 7) is -0.275. The summed E-state index contributed by atoms with van der Waals surface area (Å²) >= 11 is 8.18. The van der Waals surface area contributed by atoms with E-state index in [0.717, 1.165) is 23.1 Å². The molecule has 6 rings (SSSR count). The van der Waals surface area contributed by atoms with Crippen LogP contribution in [0.2, 0.25) is 5.02 Å². The summed E-state index contributed by atoms with van der Waals surface area (Å²) in [6, 6.07) is 18.6. The van der Waals surface area contributed by atoms with Crippen molar-refractivity contribution in [2.24, 2.45) is 5.92 Å². The number of carbonyl (C=O) groups is 3. The molecular weight excluding hydrogens is 626 g/mol. The first-order chi connectivity index (χ1) is 21.2. The number of fused-ring (bicyclic) bond motifs is 2. The van der Waals surface area contributed by atoms with Crippen LogP contribution >= 0.6 is 34.7 Å². The average molecular weight is 652 g/mol. The van der Waals surface area contributed by atoms with Gasteiger partial charge in [-0.2, -0.15) is 0 Å². The quantitative estimate of drug-likeness (QED) is 0.264. The van der Waals surface area contributed by atoms with Crippen LogP contribution in [0.15, 0.2) is 76.6 Å². The zero-order valence-corrected chi connectivity index (χ0v) is 26.1. The fourth-order valence-electron chi connectivity index (χ4n) is 5.52. The predicted octanol–water partition coefficient (Wildman–Crippen LogP) is 5.02. The largest absolute Gasteiger partial charge is 0.497 e. The van der Waals surface area contributed by atoms with Gasteiger partial charge in [-0.15, -0.1) is 0 Å². The highest BCUT2D eigenvalue weighted by atomic mass is 35.5. The smallest absolute Gasteiger partial charge is 0.308 e. The van der Waals surface area contributed by atoms with Crippen molar-refractivity contribution < 1.29 is 28.6 Å². The van der Waals surface area contributed by atoms with E-state index < -0.39 is 28.9 Å². The topological polar surface area (TPSA) is 116 Å². The van der Waals surface area contributed by atoms with Crippen molar-refractivity contribution in [1.82, 2.24) is 4.57 Å². The number of thioether (sulfide) groups is 1. The van der Waals surface area contributed by atoms with Gasteiger partial charge in [-0.3, -0.25) is 23.7 Å². The SMILES string of the molecule is COc1ccc(NC(=O)Cn2c3c(sc2=O)[C@@H](c2ccc(OC)c(OC)c2)C2C(=O)N(c4ccc(Cl)cc4)C(=O)C2S3)cc1. The molecule has 0 bridgehead atoms. The fourth-order valence-corrected chi connectivity index (χ4v) is 8.42. The second kappa shape index (κ2) is 12.0. The maximum absolute atomic E-state index is 14.1. The van der Waals surface area contributed by atoms with Crippen LogP contribution in [0.1, 0.15) is 16.4 Å². The van der Waals surface area contributed by atoms with E-state index >= 15 is 0 Å². The number of halogens is 1. The molecule has 3 amide bonds. The Bertz CT molecular complexity index is 1820. The van der Waals surface area contributed by atoms with Crippen molar-refractivity contribution >= 4 is 63.8 Å². The molecule has 1 N–H and O–H groups in total. The minimum Gasteiger partial charge on any atom is -0.497 e. The monoisotopic (exact) mass is 651 g/mol. The standard InChI is InChI=1S/C31H26ClN3O7S2/c1-40-20-11-7-18(8-12-20)33-23(36)15-34-30-27(44-31(34)39)24(16-4-13-21(41-2)22(14-16)42-3)25-26(43-30)29(38)35(28(25)37)19-9-5-17(32)6-10-19/h4-14,24-26H,15H2,1-3H3,(H,33,36)/t24-,25?,26?/m0/s1. The zero-order chi connectivity index (χ0) is 31.1. The molecule has 226 valence electrons. The molecule has 1 fully saturated rings. The van der Waals surface area contributed by atoms with Crippen molar-refractivity contribution in [3.05, 3.63) is 91.9 Å². The number of amides is 3. The van der Waals surface area contributed by atoms with Crippen LogP contribution in [0.3, 0.4) is 0 Å². The lowest BCUT2D eigenvalue weighted by Gasteiger charge is -2.31. The summed E-state index contributed by atoms with van der Waals surface area (Å²) in [5.74, 6) is -1.10. The Morgan fingerprint density at radius 2 is 1.59 bits per heavy atom. The van der Waals surface area contributed by atoms with E-state index in [4.69, 9.17) is 25.8 Å². The number of nitrogens with zero attached hydrogens (tertiary/aromatic N) is 2. The molecule has 3 heterocycles. The Hall–Kier alpha value is -4.26. The lowest BCUT2D eigenvalue weighted by Crippen LogP contribution is -2.33. The molecule has 0 radical (unpaired) electrons. The first-order valence-corrected chi connectivity index (χ1v) is 15.5. The molecule has 3 aromatic carbocycles. The van der Waals surface area contributed by atoms with Gasteiger partial charge in [0.05, 0.1) is 38.0 Å². The molecule has 0 aliphatic carbocycles. The van der Waals surface area contributed by atoms with Crippen molar-refractivity contribution in [1.29, 1.82) is 0 Å². The number of thiazole rings is 1. The number of hydrogen-bond acceptors (Lipinski definition) is 9. The minimum absolute atomic E-state index is 0.275. The summed E-state index contributed by atoms with van der Waals surface area (Å²) in [7, 11) is 4.58. The highest BCUT2D eigenvalue weighted by Gasteiger charge is 2.57. The van der Waals surface area contributed by atoms with Gasteiger partial charge in [0, 0.05) is 21.5 Å². The summed E-state index contributed by atoms with van der Waals surface area (Å²) in [5.41, 5.74) is 1.62. The number of rotatable bonds is 8. The molecular formula is C31H26ClN3O7S2. The Morgan fingerprint density at radius 3 is 2.25 bits per heavy atom. The average Bonchev–Trinajstić information content (AvgIpc) is 3.47. The van der Waals surface area contributed by atoms with Crippen LogP contribution in [0, 0.1) is 5.92 Å². The highest BCUT2D eigenvalue weighted by molar-refractivity contribution is 8.00. The first-order valence-electron chi connectivity index (χ1n) is 13.4. The Balaban J connectivity index is 1.41. The van der Waals surface area contributed by atoms with E-state index in [9.17, 15) is 19.2 Å². The van der Waals surface area contributed by atoms with E-state index in [1.807, 2.05) is 0 Å². The Morgan fingerprint density at radius 1 is 0.886 bits per heavy atom. The lowest BCUT2D eigenvalue weighted by atomic mass is 9.83. The molecule has 0 saturated carbocycles. The van der Waals surface area contributed by atoms with Gasteiger partial charge in [-0.25, -0.2) is 4.90 Å². The third kappa shape index (κ3) is 5.23. The molecule has 10 nitrogen and oxygen atoms in total. The molecule has 44 heavy (non-hydrogen) atoms. The normalized spacial score (nSPS) is 18.9. The van der Waals surface area contributed by atoms with Gasteiger partial charge in [0.15, 0.2) is 11.5 Å². The number of imide groups is 1. The first kappa shape index (κ1) is 29.8. The zero-order valence-electron chi connectivity index (χ0n) is 23.7. The van der Waals surface area contributed by atoms with E-state index in [0.29, 0.717) is 49.1 Å². The van der Waals surface area contributed by atoms with Crippen LogP contribution in [-0.2, 0) is 20.9 Å². The van der Waals surface area contributed by atoms with E-state index in [2.05, 4.69) is 5.32 Å². The number of ether oxygens (including phenoxy) is 3. The van der Waals surface area contributed by atoms with Gasteiger partial charge in [-0.1, -0.05) is 40.8 Å². The molecule has 2 unspecified atom stereocenters. The van der Waals surface area contributed by atoms with E-state index in [1.54, 1.807) is 73.8 Å². The molecule has 0 spiro atoms. The van der Waals surface area contributed by atoms with Crippen molar-refractivity contribution in [3.8, 4) is 17.2 Å². The van der Waals surface area contributed by atoms with Crippen molar-refractivity contribution in [3.63, 3.8) is 0 Å². The maximum Gasteiger partial charge on any atom is 0.308 e. The Kier molecular flexibility index (Phi) is 8.14.